The monoisotopic (exact) mass is 241 g/mol. The smallest absolute Gasteiger partial charge is 0.138 e. The Kier molecular flexibility index (Phi) is 4.22. The topological polar surface area (TPSA) is 30.7 Å². The van der Waals surface area contributed by atoms with Crippen LogP contribution in [0.5, 0.6) is 0 Å². The van der Waals surface area contributed by atoms with E-state index < -0.39 is 0 Å². The van der Waals surface area contributed by atoms with Crippen molar-refractivity contribution in [2.45, 2.75) is 57.4 Å². The summed E-state index contributed by atoms with van der Waals surface area (Å²) in [6.45, 7) is 3.13. The van der Waals surface area contributed by atoms with Crippen LogP contribution in [0.25, 0.3) is 0 Å². The zero-order valence-electron chi connectivity index (χ0n) is 9.90. The van der Waals surface area contributed by atoms with Crippen molar-refractivity contribution in [1.29, 1.82) is 0 Å². The quantitative estimate of drug-likeness (QED) is 0.687. The van der Waals surface area contributed by atoms with Gasteiger partial charge in [0.25, 0.3) is 0 Å². The van der Waals surface area contributed by atoms with Gasteiger partial charge in [-0.3, -0.25) is 4.68 Å². The van der Waals surface area contributed by atoms with Gasteiger partial charge in [-0.25, -0.2) is 4.98 Å². The van der Waals surface area contributed by atoms with E-state index in [4.69, 9.17) is 11.6 Å². The number of alkyl halides is 1. The molecule has 0 radical (unpaired) electrons. The number of halogens is 1. The maximum Gasteiger partial charge on any atom is 0.138 e. The highest BCUT2D eigenvalue weighted by Crippen LogP contribution is 2.37. The first kappa shape index (κ1) is 11.9. The Hall–Kier alpha value is -0.570. The summed E-state index contributed by atoms with van der Waals surface area (Å²) in [6.07, 6.45) is 8.69. The summed E-state index contributed by atoms with van der Waals surface area (Å²) >= 11 is 6.28. The predicted molar refractivity (Wildman–Crippen MR) is 65.6 cm³/mol. The molecule has 1 unspecified atom stereocenters. The molecule has 0 spiro atoms. The Bertz CT molecular complexity index is 320. The molecule has 1 aromatic heterocycles. The molecule has 1 aliphatic rings. The van der Waals surface area contributed by atoms with Crippen LogP contribution in [0.4, 0.5) is 0 Å². The fraction of sp³-hybridized carbons (Fsp3) is 0.833. The zero-order chi connectivity index (χ0) is 11.4. The average molecular weight is 242 g/mol. The van der Waals surface area contributed by atoms with E-state index in [0.717, 1.165) is 44.0 Å². The Balaban J connectivity index is 1.73. The van der Waals surface area contributed by atoms with Crippen LogP contribution in [0.15, 0.2) is 6.33 Å². The minimum atomic E-state index is 0.391. The molecule has 4 heteroatoms. The lowest BCUT2D eigenvalue weighted by molar-refractivity contribution is 0.548. The molecule has 1 aliphatic carbocycles. The maximum absolute atomic E-state index is 6.28. The summed E-state index contributed by atoms with van der Waals surface area (Å²) in [5.74, 6) is 1.91. The molecule has 0 amide bonds. The second-order valence-corrected chi connectivity index (χ2v) is 5.21. The van der Waals surface area contributed by atoms with Crippen molar-refractivity contribution in [3.05, 3.63) is 12.2 Å². The fourth-order valence-corrected chi connectivity index (χ4v) is 2.44. The predicted octanol–water partition coefficient (Wildman–Crippen LogP) is 3.03. The zero-order valence-corrected chi connectivity index (χ0v) is 10.7. The second-order valence-electron chi connectivity index (χ2n) is 4.65. The molecule has 0 bridgehead atoms. The number of aryl methyl sites for hydroxylation is 2. The molecule has 3 nitrogen and oxygen atoms in total. The van der Waals surface area contributed by atoms with E-state index in [9.17, 15) is 0 Å². The Morgan fingerprint density at radius 3 is 3.06 bits per heavy atom. The summed E-state index contributed by atoms with van der Waals surface area (Å²) in [6, 6.07) is 0. The lowest BCUT2D eigenvalue weighted by atomic mass is 10.1. The SMILES string of the molecule is CCCn1ncnc1CCCC(Cl)C1CC1. The molecule has 90 valence electrons. The van der Waals surface area contributed by atoms with Crippen LogP contribution in [0.2, 0.25) is 0 Å². The number of hydrogen-bond donors (Lipinski definition) is 0. The van der Waals surface area contributed by atoms with Crippen molar-refractivity contribution >= 4 is 11.6 Å². The Morgan fingerprint density at radius 2 is 2.38 bits per heavy atom. The first-order valence-electron chi connectivity index (χ1n) is 6.32. The van der Waals surface area contributed by atoms with E-state index in [0.29, 0.717) is 5.38 Å². The first-order chi connectivity index (χ1) is 7.81. The lowest BCUT2D eigenvalue weighted by Crippen LogP contribution is -2.07. The molecule has 1 aromatic rings. The van der Waals surface area contributed by atoms with Crippen LogP contribution in [-0.4, -0.2) is 20.1 Å². The van der Waals surface area contributed by atoms with Gasteiger partial charge >= 0.3 is 0 Å². The third-order valence-corrected chi connectivity index (χ3v) is 3.72. The van der Waals surface area contributed by atoms with Crippen LogP contribution in [0.3, 0.4) is 0 Å². The number of rotatable bonds is 7. The summed E-state index contributed by atoms with van der Waals surface area (Å²) in [5.41, 5.74) is 0. The molecular formula is C12H20ClN3. The van der Waals surface area contributed by atoms with Crippen molar-refractivity contribution < 1.29 is 0 Å². The lowest BCUT2D eigenvalue weighted by Gasteiger charge is -2.07. The molecule has 1 saturated carbocycles. The van der Waals surface area contributed by atoms with Gasteiger partial charge in [-0.05, 0) is 38.0 Å². The minimum Gasteiger partial charge on any atom is -0.250 e. The Labute approximate surface area is 102 Å². The van der Waals surface area contributed by atoms with E-state index in [2.05, 4.69) is 17.0 Å². The number of nitrogens with zero attached hydrogens (tertiary/aromatic N) is 3. The Morgan fingerprint density at radius 1 is 1.56 bits per heavy atom. The van der Waals surface area contributed by atoms with Gasteiger partial charge in [0.05, 0.1) is 0 Å². The largest absolute Gasteiger partial charge is 0.250 e. The molecular weight excluding hydrogens is 222 g/mol. The summed E-state index contributed by atoms with van der Waals surface area (Å²) < 4.78 is 2.01. The molecule has 1 fully saturated rings. The van der Waals surface area contributed by atoms with Crippen LogP contribution in [0.1, 0.15) is 44.9 Å². The van der Waals surface area contributed by atoms with Gasteiger partial charge in [0, 0.05) is 18.3 Å². The first-order valence-corrected chi connectivity index (χ1v) is 6.75. The van der Waals surface area contributed by atoms with Gasteiger partial charge in [0.1, 0.15) is 12.2 Å². The van der Waals surface area contributed by atoms with Gasteiger partial charge < -0.3 is 0 Å². The molecule has 0 N–H and O–H groups in total. The van der Waals surface area contributed by atoms with Gasteiger partial charge in [-0.1, -0.05) is 6.92 Å². The van der Waals surface area contributed by atoms with E-state index in [1.807, 2.05) is 4.68 Å². The normalized spacial score (nSPS) is 17.6. The van der Waals surface area contributed by atoms with Gasteiger partial charge in [0.2, 0.25) is 0 Å². The van der Waals surface area contributed by atoms with Gasteiger partial charge in [0.15, 0.2) is 0 Å². The molecule has 16 heavy (non-hydrogen) atoms. The summed E-state index contributed by atoms with van der Waals surface area (Å²) in [4.78, 5) is 4.30. The molecule has 1 heterocycles. The van der Waals surface area contributed by atoms with Crippen molar-refractivity contribution in [3.8, 4) is 0 Å². The number of hydrogen-bond acceptors (Lipinski definition) is 2. The number of aromatic nitrogens is 3. The highest BCUT2D eigenvalue weighted by Gasteiger charge is 2.29. The fourth-order valence-electron chi connectivity index (χ4n) is 2.03. The molecule has 2 rings (SSSR count). The van der Waals surface area contributed by atoms with Crippen molar-refractivity contribution in [2.75, 3.05) is 0 Å². The van der Waals surface area contributed by atoms with Crippen LogP contribution < -0.4 is 0 Å². The third-order valence-electron chi connectivity index (χ3n) is 3.14. The van der Waals surface area contributed by atoms with Crippen LogP contribution >= 0.6 is 11.6 Å². The molecule has 1 atom stereocenters. The van der Waals surface area contributed by atoms with Crippen molar-refractivity contribution in [2.24, 2.45) is 5.92 Å². The van der Waals surface area contributed by atoms with Gasteiger partial charge in [-0.15, -0.1) is 11.6 Å². The van der Waals surface area contributed by atoms with Gasteiger partial charge in [-0.2, -0.15) is 5.10 Å². The maximum atomic E-state index is 6.28. The van der Waals surface area contributed by atoms with Crippen molar-refractivity contribution in [3.63, 3.8) is 0 Å². The second kappa shape index (κ2) is 5.67. The highest BCUT2D eigenvalue weighted by atomic mass is 35.5. The summed E-state index contributed by atoms with van der Waals surface area (Å²) in [7, 11) is 0. The van der Waals surface area contributed by atoms with Crippen molar-refractivity contribution in [1.82, 2.24) is 14.8 Å². The van der Waals surface area contributed by atoms with E-state index >= 15 is 0 Å². The van der Waals surface area contributed by atoms with E-state index in [-0.39, 0.29) is 0 Å². The summed E-state index contributed by atoms with van der Waals surface area (Å²) in [5, 5.41) is 4.61. The molecule has 0 aromatic carbocycles. The standard InChI is InChI=1S/C12H20ClN3/c1-2-8-16-12(14-9-15-16)5-3-4-11(13)10-6-7-10/h9-11H,2-8H2,1H3. The van der Waals surface area contributed by atoms with Crippen LogP contribution in [-0.2, 0) is 13.0 Å². The molecule has 0 saturated heterocycles. The third kappa shape index (κ3) is 3.21. The van der Waals surface area contributed by atoms with Crippen LogP contribution in [0, 0.1) is 5.92 Å². The average Bonchev–Trinajstić information content (AvgIpc) is 3.03. The van der Waals surface area contributed by atoms with E-state index in [1.54, 1.807) is 6.33 Å². The highest BCUT2D eigenvalue weighted by molar-refractivity contribution is 6.20. The molecule has 0 aliphatic heterocycles. The van der Waals surface area contributed by atoms with E-state index in [1.165, 1.54) is 12.8 Å². The minimum absolute atomic E-state index is 0.391.